The Balaban J connectivity index is 1.95. The lowest BCUT2D eigenvalue weighted by molar-refractivity contribution is -0.136. The summed E-state index contributed by atoms with van der Waals surface area (Å²) >= 11 is 0. The number of carbonyl (C=O) groups is 2. The Hall–Kier alpha value is -3.20. The monoisotopic (exact) mass is 390 g/mol. The molecule has 0 fully saturated rings. The van der Waals surface area contributed by atoms with Crippen LogP contribution in [0.2, 0.25) is 0 Å². The molecule has 0 saturated carbocycles. The van der Waals surface area contributed by atoms with E-state index in [-0.39, 0.29) is 24.7 Å². The fraction of sp³-hybridized carbons (Fsp3) is 0.316. The third kappa shape index (κ3) is 3.89. The van der Waals surface area contributed by atoms with Crippen molar-refractivity contribution in [1.29, 1.82) is 0 Å². The summed E-state index contributed by atoms with van der Waals surface area (Å²) in [6.07, 6.45) is -0.339. The molecule has 2 aromatic heterocycles. The van der Waals surface area contributed by atoms with E-state index in [1.54, 1.807) is 6.92 Å². The van der Waals surface area contributed by atoms with Gasteiger partial charge in [-0.15, -0.1) is 0 Å². The number of halogens is 1. The first-order valence-corrected chi connectivity index (χ1v) is 8.65. The summed E-state index contributed by atoms with van der Waals surface area (Å²) < 4.78 is 30.6. The van der Waals surface area contributed by atoms with Gasteiger partial charge in [-0.3, -0.25) is 14.2 Å². The number of aromatic nitrogens is 2. The van der Waals surface area contributed by atoms with E-state index in [2.05, 4.69) is 5.16 Å². The third-order valence-electron chi connectivity index (χ3n) is 4.21. The van der Waals surface area contributed by atoms with Crippen molar-refractivity contribution >= 4 is 22.8 Å². The van der Waals surface area contributed by atoms with Gasteiger partial charge in [0.25, 0.3) is 5.88 Å². The van der Waals surface area contributed by atoms with Crippen molar-refractivity contribution in [2.24, 2.45) is 0 Å². The van der Waals surface area contributed by atoms with Crippen molar-refractivity contribution in [1.82, 2.24) is 9.72 Å². The van der Waals surface area contributed by atoms with Crippen LogP contribution in [0, 0.1) is 12.7 Å². The van der Waals surface area contributed by atoms with Crippen LogP contribution < -0.4 is 4.74 Å². The minimum absolute atomic E-state index is 0.0855. The van der Waals surface area contributed by atoms with Crippen molar-refractivity contribution < 1.29 is 33.1 Å². The summed E-state index contributed by atoms with van der Waals surface area (Å²) in [4.78, 5) is 24.2. The maximum atomic E-state index is 13.7. The lowest BCUT2D eigenvalue weighted by Crippen LogP contribution is -2.13. The number of benzene rings is 1. The van der Waals surface area contributed by atoms with Crippen LogP contribution in [0.5, 0.6) is 5.88 Å². The smallest absolute Gasteiger partial charge is 0.307 e. The van der Waals surface area contributed by atoms with Gasteiger partial charge in [0.1, 0.15) is 12.4 Å². The van der Waals surface area contributed by atoms with Crippen LogP contribution in [0.3, 0.4) is 0 Å². The minimum atomic E-state index is -1.08. The topological polar surface area (TPSA) is 104 Å². The number of hydrogen-bond donors (Lipinski definition) is 1. The molecule has 0 aliphatic carbocycles. The van der Waals surface area contributed by atoms with Crippen molar-refractivity contribution in [3.8, 4) is 5.88 Å². The molecule has 1 N–H and O–H groups in total. The molecule has 0 aliphatic heterocycles. The maximum absolute atomic E-state index is 13.7. The fourth-order valence-electron chi connectivity index (χ4n) is 2.98. The average molecular weight is 390 g/mol. The highest BCUT2D eigenvalue weighted by Gasteiger charge is 2.24. The fourth-order valence-corrected chi connectivity index (χ4v) is 2.98. The van der Waals surface area contributed by atoms with Gasteiger partial charge in [-0.25, -0.2) is 4.39 Å². The van der Waals surface area contributed by atoms with E-state index in [0.29, 0.717) is 35.4 Å². The molecule has 0 atom stereocenters. The number of carbonyl (C=O) groups excluding carboxylic acids is 1. The van der Waals surface area contributed by atoms with Gasteiger partial charge in [0.2, 0.25) is 5.76 Å². The Morgan fingerprint density at radius 1 is 1.29 bits per heavy atom. The maximum Gasteiger partial charge on any atom is 0.307 e. The molecule has 0 unspecified atom stereocenters. The first-order chi connectivity index (χ1) is 13.4. The molecule has 1 aromatic carbocycles. The lowest BCUT2D eigenvalue weighted by Gasteiger charge is -2.04. The van der Waals surface area contributed by atoms with Crippen LogP contribution in [0.25, 0.3) is 10.9 Å². The lowest BCUT2D eigenvalue weighted by atomic mass is 10.1. The molecule has 9 heteroatoms. The quantitative estimate of drug-likeness (QED) is 0.590. The number of carboxylic acid groups (broad SMARTS) is 1. The number of ether oxygens (including phenoxy) is 2. The van der Waals surface area contributed by atoms with Gasteiger partial charge in [0.15, 0.2) is 0 Å². The van der Waals surface area contributed by atoms with Gasteiger partial charge in [-0.1, -0.05) is 0 Å². The third-order valence-corrected chi connectivity index (χ3v) is 4.21. The van der Waals surface area contributed by atoms with Gasteiger partial charge in [0.05, 0.1) is 24.6 Å². The molecule has 0 bridgehead atoms. The Morgan fingerprint density at radius 2 is 2.07 bits per heavy atom. The van der Waals surface area contributed by atoms with Crippen molar-refractivity contribution in [3.05, 3.63) is 47.1 Å². The standard InChI is InChI=1S/C19H19FN2O6/c1-3-26-6-7-27-17-10-16(28-21-17)19(25)22-11(2)13(9-18(23)24)14-8-12(20)4-5-15(14)22/h4-5,8,10H,3,6-7,9H2,1-2H3,(H,23,24). The van der Waals surface area contributed by atoms with Crippen LogP contribution in [0.15, 0.2) is 28.8 Å². The number of aliphatic carboxylic acids is 1. The predicted octanol–water partition coefficient (Wildman–Crippen LogP) is 2.81. The normalized spacial score (nSPS) is 11.1. The van der Waals surface area contributed by atoms with Crippen LogP contribution in [0.4, 0.5) is 4.39 Å². The summed E-state index contributed by atoms with van der Waals surface area (Å²) in [6, 6.07) is 5.20. The molecule has 28 heavy (non-hydrogen) atoms. The molecule has 3 rings (SSSR count). The number of fused-ring (bicyclic) bond motifs is 1. The van der Waals surface area contributed by atoms with Gasteiger partial charge >= 0.3 is 11.9 Å². The largest absolute Gasteiger partial charge is 0.481 e. The van der Waals surface area contributed by atoms with Crippen molar-refractivity contribution in [2.75, 3.05) is 19.8 Å². The minimum Gasteiger partial charge on any atom is -0.481 e. The zero-order chi connectivity index (χ0) is 20.3. The molecule has 2 heterocycles. The second kappa shape index (κ2) is 8.22. The number of nitrogens with zero attached hydrogens (tertiary/aromatic N) is 2. The summed E-state index contributed by atoms with van der Waals surface area (Å²) in [5.41, 5.74) is 1.14. The molecular formula is C19H19FN2O6. The molecule has 0 spiro atoms. The summed E-state index contributed by atoms with van der Waals surface area (Å²) in [5.74, 6) is -2.11. The first-order valence-electron chi connectivity index (χ1n) is 8.65. The Bertz CT molecular complexity index is 1020. The molecule has 0 radical (unpaired) electrons. The predicted molar refractivity (Wildman–Crippen MR) is 96.2 cm³/mol. The van der Waals surface area contributed by atoms with E-state index in [0.717, 1.165) is 0 Å². The van der Waals surface area contributed by atoms with Crippen LogP contribution >= 0.6 is 0 Å². The van der Waals surface area contributed by atoms with Crippen LogP contribution in [0.1, 0.15) is 28.7 Å². The van der Waals surface area contributed by atoms with E-state index in [1.807, 2.05) is 6.92 Å². The molecule has 8 nitrogen and oxygen atoms in total. The molecule has 148 valence electrons. The molecular weight excluding hydrogens is 371 g/mol. The summed E-state index contributed by atoms with van der Waals surface area (Å²) in [6.45, 7) is 4.65. The zero-order valence-corrected chi connectivity index (χ0v) is 15.4. The van der Waals surface area contributed by atoms with Gasteiger partial charge in [-0.05, 0) is 42.8 Å². The summed E-state index contributed by atoms with van der Waals surface area (Å²) in [5, 5.41) is 13.2. The van der Waals surface area contributed by atoms with E-state index in [1.165, 1.54) is 28.8 Å². The Morgan fingerprint density at radius 3 is 2.79 bits per heavy atom. The average Bonchev–Trinajstić information content (AvgIpc) is 3.22. The van der Waals surface area contributed by atoms with Crippen molar-refractivity contribution in [2.45, 2.75) is 20.3 Å². The number of hydrogen-bond acceptors (Lipinski definition) is 6. The highest BCUT2D eigenvalue weighted by molar-refractivity contribution is 6.03. The molecule has 3 aromatic rings. The SMILES string of the molecule is CCOCCOc1cc(C(=O)n2c(C)c(CC(=O)O)c3cc(F)ccc32)on1. The zero-order valence-electron chi connectivity index (χ0n) is 15.4. The van der Waals surface area contributed by atoms with Gasteiger partial charge in [-0.2, -0.15) is 0 Å². The van der Waals surface area contributed by atoms with E-state index in [9.17, 15) is 14.0 Å². The Kier molecular flexibility index (Phi) is 5.74. The van der Waals surface area contributed by atoms with Crippen LogP contribution in [-0.2, 0) is 16.0 Å². The molecule has 0 aliphatic rings. The molecule has 0 saturated heterocycles. The Labute approximate surface area is 159 Å². The van der Waals surface area contributed by atoms with E-state index >= 15 is 0 Å². The highest BCUT2D eigenvalue weighted by atomic mass is 19.1. The number of carboxylic acids is 1. The number of rotatable bonds is 8. The van der Waals surface area contributed by atoms with Crippen molar-refractivity contribution in [3.63, 3.8) is 0 Å². The van der Waals surface area contributed by atoms with Gasteiger partial charge in [0, 0.05) is 17.7 Å². The van der Waals surface area contributed by atoms with Gasteiger partial charge < -0.3 is 19.1 Å². The first kappa shape index (κ1) is 19.6. The second-order valence-corrected chi connectivity index (χ2v) is 6.01. The van der Waals surface area contributed by atoms with E-state index < -0.39 is 17.7 Å². The summed E-state index contributed by atoms with van der Waals surface area (Å²) in [7, 11) is 0. The molecule has 0 amide bonds. The van der Waals surface area contributed by atoms with Crippen LogP contribution in [-0.4, -0.2) is 46.5 Å². The second-order valence-electron chi connectivity index (χ2n) is 6.01. The highest BCUT2D eigenvalue weighted by Crippen LogP contribution is 2.28. The van der Waals surface area contributed by atoms with E-state index in [4.69, 9.17) is 19.1 Å².